The van der Waals surface area contributed by atoms with Crippen LogP contribution in [0.4, 0.5) is 24.5 Å². The van der Waals surface area contributed by atoms with E-state index < -0.39 is 18.7 Å². The first kappa shape index (κ1) is 63.8. The van der Waals surface area contributed by atoms with Crippen molar-refractivity contribution in [2.24, 2.45) is 11.6 Å². The molecule has 1 saturated heterocycles. The zero-order chi connectivity index (χ0) is 59.0. The first-order valence-electron chi connectivity index (χ1n) is 27.4. The third-order valence-corrected chi connectivity index (χ3v) is 13.3. The van der Waals surface area contributed by atoms with Gasteiger partial charge in [0, 0.05) is 47.2 Å². The Morgan fingerprint density at radius 3 is 2.40 bits per heavy atom. The van der Waals surface area contributed by atoms with Crippen molar-refractivity contribution < 1.29 is 56.3 Å². The number of halogens is 4. The number of methoxy groups -OCH3 is 1. The summed E-state index contributed by atoms with van der Waals surface area (Å²) in [6, 6.07) is 20.6. The second-order valence-corrected chi connectivity index (χ2v) is 19.6. The Bertz CT molecular complexity index is 3120. The number of carbonyl (C=O) groups excluding carboxylic acids is 1. The zero-order valence-corrected chi connectivity index (χ0v) is 47.9. The average molecular weight is 1160 g/mol. The lowest BCUT2D eigenvalue weighted by Crippen LogP contribution is -2.36. The van der Waals surface area contributed by atoms with Crippen molar-refractivity contribution in [2.75, 3.05) is 104 Å². The number of carbonyl (C=O) groups is 2. The summed E-state index contributed by atoms with van der Waals surface area (Å²) in [7, 11) is 3.56. The van der Waals surface area contributed by atoms with Crippen LogP contribution in [0.3, 0.4) is 0 Å². The van der Waals surface area contributed by atoms with Crippen LogP contribution in [0.5, 0.6) is 23.3 Å². The van der Waals surface area contributed by atoms with E-state index in [1.54, 1.807) is 73.8 Å². The van der Waals surface area contributed by atoms with Crippen molar-refractivity contribution in [3.63, 3.8) is 0 Å². The number of benzene rings is 4. The number of anilines is 2. The number of H-pyrrole nitrogens is 1. The number of carboxylic acid groups (broad SMARTS) is 1. The number of hydrogen-bond donors (Lipinski definition) is 7. The lowest BCUT2D eigenvalue weighted by Gasteiger charge is -2.30. The highest BCUT2D eigenvalue weighted by Crippen LogP contribution is 2.34. The number of aromatic amines is 1. The Labute approximate surface area is 481 Å². The number of allylic oxidation sites excluding steroid dienone is 1. The third-order valence-electron chi connectivity index (χ3n) is 13.0. The third kappa shape index (κ3) is 20.0. The molecule has 3 heterocycles. The van der Waals surface area contributed by atoms with E-state index in [-0.39, 0.29) is 48.9 Å². The summed E-state index contributed by atoms with van der Waals surface area (Å²) in [5, 5.41) is 21.5. The highest BCUT2D eigenvalue weighted by molar-refractivity contribution is 6.32. The molecule has 1 aliphatic heterocycles. The molecule has 82 heavy (non-hydrogen) atoms. The number of nitrogens with two attached hydrogens (primary N) is 2. The Balaban J connectivity index is 0.00000535. The van der Waals surface area contributed by atoms with Gasteiger partial charge in [-0.05, 0) is 132 Å². The van der Waals surface area contributed by atoms with E-state index in [9.17, 15) is 27.9 Å². The number of piperidine rings is 1. The normalized spacial score (nSPS) is 13.0. The summed E-state index contributed by atoms with van der Waals surface area (Å²) in [4.78, 5) is 34.2. The van der Waals surface area contributed by atoms with Crippen molar-refractivity contribution in [3.05, 3.63) is 112 Å². The van der Waals surface area contributed by atoms with Crippen LogP contribution in [0, 0.1) is 18.8 Å². The fourth-order valence-electron chi connectivity index (χ4n) is 8.83. The molecule has 0 saturated carbocycles. The molecule has 1 fully saturated rings. The number of hydrogen-bond acceptors (Lipinski definition) is 15. The van der Waals surface area contributed by atoms with Crippen LogP contribution in [0.25, 0.3) is 21.9 Å². The van der Waals surface area contributed by atoms with E-state index in [0.29, 0.717) is 119 Å². The van der Waals surface area contributed by atoms with E-state index >= 15 is 0 Å². The van der Waals surface area contributed by atoms with Gasteiger partial charge in [0.25, 0.3) is 11.9 Å². The molecule has 0 aliphatic carbocycles. The van der Waals surface area contributed by atoms with Crippen molar-refractivity contribution in [2.45, 2.75) is 78.1 Å². The summed E-state index contributed by atoms with van der Waals surface area (Å²) >= 11 is 6.48. The maximum absolute atomic E-state index is 13.8. The molecule has 0 radical (unpaired) electrons. The summed E-state index contributed by atoms with van der Waals surface area (Å²) < 4.78 is 76.6. The van der Waals surface area contributed by atoms with Crippen LogP contribution in [-0.2, 0) is 20.8 Å². The van der Waals surface area contributed by atoms with E-state index in [1.807, 2.05) is 19.9 Å². The molecule has 9 N–H and O–H groups in total. The molecule has 1 aliphatic rings. The molecular weight excluding hydrogens is 1090 g/mol. The van der Waals surface area contributed by atoms with Gasteiger partial charge >= 0.3 is 12.1 Å². The van der Waals surface area contributed by atoms with E-state index in [4.69, 9.17) is 51.6 Å². The predicted molar refractivity (Wildman–Crippen MR) is 313 cm³/mol. The van der Waals surface area contributed by atoms with Crippen LogP contribution < -0.4 is 41.7 Å². The minimum atomic E-state index is -4.44. The van der Waals surface area contributed by atoms with Gasteiger partial charge in [0.1, 0.15) is 23.8 Å². The van der Waals surface area contributed by atoms with Gasteiger partial charge in [0.05, 0.1) is 105 Å². The molecule has 0 spiro atoms. The lowest BCUT2D eigenvalue weighted by atomic mass is 10.0. The number of fused-ring (bicyclic) bond motifs is 2. The van der Waals surface area contributed by atoms with E-state index in [1.165, 1.54) is 22.8 Å². The molecular formula is C59H76ClF3N10O9. The Morgan fingerprint density at radius 1 is 0.927 bits per heavy atom. The number of nitrogens with zero attached hydrogens (tertiary/aromatic N) is 4. The van der Waals surface area contributed by atoms with Crippen LogP contribution >= 0.6 is 11.6 Å². The van der Waals surface area contributed by atoms with Crippen LogP contribution in [0.1, 0.15) is 84.3 Å². The number of imidazole rings is 1. The van der Waals surface area contributed by atoms with Crippen LogP contribution in [-0.4, -0.2) is 147 Å². The van der Waals surface area contributed by atoms with Crippen molar-refractivity contribution in [3.8, 4) is 35.1 Å². The zero-order valence-electron chi connectivity index (χ0n) is 47.2. The summed E-state index contributed by atoms with van der Waals surface area (Å²) in [6.07, 6.45) is 2.28. The number of aromatic nitrogens is 3. The molecule has 4 aromatic carbocycles. The van der Waals surface area contributed by atoms with Crippen molar-refractivity contribution >= 4 is 56.8 Å². The number of amides is 1. The minimum absolute atomic E-state index is 0.110. The number of aryl methyl sites for hydroxylation is 1. The summed E-state index contributed by atoms with van der Waals surface area (Å²) in [5.41, 5.74) is 11.3. The second-order valence-electron chi connectivity index (χ2n) is 19.2. The summed E-state index contributed by atoms with van der Waals surface area (Å²) in [5.74, 6) is 11.9. The molecule has 444 valence electrons. The number of hydrazine groups is 1. The van der Waals surface area contributed by atoms with Gasteiger partial charge in [-0.25, -0.2) is 10.6 Å². The Hall–Kier alpha value is -7.39. The molecule has 1 amide bonds. The first-order chi connectivity index (χ1) is 39.5. The number of rotatable bonds is 30. The minimum Gasteiger partial charge on any atom is -0.495 e. The number of unbranched alkanes of at least 4 members (excludes halogenated alkanes) is 2. The highest BCUT2D eigenvalue weighted by Gasteiger charge is 2.30. The Kier molecular flexibility index (Phi) is 25.1. The Morgan fingerprint density at radius 2 is 1.67 bits per heavy atom. The fraction of sp³-hybridized carbons (Fsp3) is 0.441. The first-order valence-corrected chi connectivity index (χ1v) is 27.8. The number of nitrogens with one attached hydrogen (secondary N) is 4. The van der Waals surface area contributed by atoms with Crippen molar-refractivity contribution in [1.29, 1.82) is 0 Å². The number of alkyl halides is 3. The quantitative estimate of drug-likeness (QED) is 0.00961. The van der Waals surface area contributed by atoms with Crippen LogP contribution in [0.2, 0.25) is 5.02 Å². The van der Waals surface area contributed by atoms with Gasteiger partial charge in [0.2, 0.25) is 0 Å². The van der Waals surface area contributed by atoms with Gasteiger partial charge in [-0.2, -0.15) is 18.2 Å². The van der Waals surface area contributed by atoms with Gasteiger partial charge in [-0.1, -0.05) is 43.5 Å². The second kappa shape index (κ2) is 32.3. The molecule has 0 atom stereocenters. The topological polar surface area (TPSA) is 238 Å². The maximum Gasteiger partial charge on any atom is 0.406 e. The number of carboxylic acids is 1. The molecule has 19 nitrogen and oxygen atoms in total. The van der Waals surface area contributed by atoms with Gasteiger partial charge < -0.3 is 74.7 Å². The SMILES string of the molecule is CC.COc1cc(C(=O)NCCOCCOCCOCCN(N)/C=C(\N)CCCCCOc2cc3nc(Oc4ccc(C)c(C(=O)O)c4)[nH]c3cc2Cl)ccc1NCC#Cc1cc2c(NC3CCN(C)CC3)cccc2n1CC(F)(F)F. The molecule has 23 heteroatoms. The molecule has 6 aromatic rings. The van der Waals surface area contributed by atoms with Gasteiger partial charge in [0.15, 0.2) is 0 Å². The van der Waals surface area contributed by atoms with Crippen LogP contribution in [0.15, 0.2) is 84.7 Å². The number of aromatic carboxylic acids is 1. The molecule has 0 unspecified atom stereocenters. The monoisotopic (exact) mass is 1160 g/mol. The lowest BCUT2D eigenvalue weighted by molar-refractivity contribution is -0.140. The average Bonchev–Trinajstić information content (AvgIpc) is 4.19. The van der Waals surface area contributed by atoms with E-state index in [0.717, 1.165) is 50.9 Å². The highest BCUT2D eigenvalue weighted by atomic mass is 35.5. The fourth-order valence-corrected chi connectivity index (χ4v) is 9.04. The summed E-state index contributed by atoms with van der Waals surface area (Å²) in [6.45, 7) is 9.75. The van der Waals surface area contributed by atoms with Crippen molar-refractivity contribution in [1.82, 2.24) is 29.8 Å². The maximum atomic E-state index is 13.8. The number of likely N-dealkylation sites (tertiary alicyclic amines) is 1. The largest absolute Gasteiger partial charge is 0.495 e. The van der Waals surface area contributed by atoms with Gasteiger partial charge in [-0.3, -0.25) is 4.79 Å². The smallest absolute Gasteiger partial charge is 0.406 e. The number of ether oxygens (including phenoxy) is 6. The molecule has 2 aromatic heterocycles. The molecule has 0 bridgehead atoms. The standard InChI is InChI=1S/C57H70ClF3N10O9.C2H6/c1-38-13-15-43(33-44(38)55(73)74)80-56-67-49-34-46(58)52(35-50(49)68-56)79-24-6-4-5-9-40(62)36-70(63)23-26-77-28-30-78-29-27-76-25-20-65-54(72)39-14-16-48(53(31-39)75-3)64-19-8-10-42-32-45-47(66-41-17-21-69(2)22-18-41)11-7-12-51(45)71(42)37-57(59,60)61;1-2/h7,11-16,31-36,41,64,66H,4-6,9,17-30,37,62-63H2,1-3H3,(H,65,72)(H,67,68)(H,73,74);1-2H3/b40-36-;. The molecule has 7 rings (SSSR count). The van der Waals surface area contributed by atoms with E-state index in [2.05, 4.69) is 49.7 Å². The van der Waals surface area contributed by atoms with Gasteiger partial charge in [-0.15, -0.1) is 0 Å². The predicted octanol–water partition coefficient (Wildman–Crippen LogP) is 9.93.